The number of unbranched alkanes of at least 4 members (excludes halogenated alkanes) is 8. The fraction of sp³-hybridized carbons (Fsp3) is 0.650. The highest BCUT2D eigenvalue weighted by atomic mass is 15.1. The Labute approximate surface area is 135 Å². The van der Waals surface area contributed by atoms with Gasteiger partial charge in [0.15, 0.2) is 0 Å². The molecule has 22 heavy (non-hydrogen) atoms. The number of benzene rings is 1. The van der Waals surface area contributed by atoms with Crippen molar-refractivity contribution in [3.63, 3.8) is 0 Å². The van der Waals surface area contributed by atoms with E-state index >= 15 is 0 Å². The Hall–Kier alpha value is -1.31. The van der Waals surface area contributed by atoms with Gasteiger partial charge < -0.3 is 4.57 Å². The molecule has 0 aliphatic carbocycles. The van der Waals surface area contributed by atoms with Crippen molar-refractivity contribution in [3.8, 4) is 0 Å². The summed E-state index contributed by atoms with van der Waals surface area (Å²) in [5.74, 6) is 1.24. The zero-order chi connectivity index (χ0) is 15.8. The van der Waals surface area contributed by atoms with Gasteiger partial charge >= 0.3 is 0 Å². The lowest BCUT2D eigenvalue weighted by Crippen LogP contribution is -1.97. The molecule has 0 fully saturated rings. The predicted octanol–water partition coefficient (Wildman–Crippen LogP) is 5.96. The first-order valence-electron chi connectivity index (χ1n) is 9.15. The Bertz CT molecular complexity index is 568. The quantitative estimate of drug-likeness (QED) is 0.495. The molecule has 0 aliphatic rings. The first-order chi connectivity index (χ1) is 10.7. The fourth-order valence-corrected chi connectivity index (χ4v) is 3.22. The van der Waals surface area contributed by atoms with Gasteiger partial charge in [-0.15, -0.1) is 0 Å². The zero-order valence-corrected chi connectivity index (χ0v) is 14.7. The van der Waals surface area contributed by atoms with Crippen LogP contribution in [0.25, 0.3) is 11.0 Å². The van der Waals surface area contributed by atoms with Gasteiger partial charge in [0.05, 0.1) is 11.0 Å². The highest BCUT2D eigenvalue weighted by Gasteiger charge is 2.08. The van der Waals surface area contributed by atoms with E-state index in [1.54, 1.807) is 0 Å². The molecule has 0 unspecified atom stereocenters. The minimum absolute atomic E-state index is 1.11. The topological polar surface area (TPSA) is 17.8 Å². The maximum atomic E-state index is 4.84. The second kappa shape index (κ2) is 8.97. The lowest BCUT2D eigenvalue weighted by atomic mass is 10.1. The van der Waals surface area contributed by atoms with Crippen LogP contribution in [0.5, 0.6) is 0 Å². The van der Waals surface area contributed by atoms with Crippen LogP contribution in [0.2, 0.25) is 0 Å². The number of imidazole rings is 1. The first kappa shape index (κ1) is 17.1. The molecular formula is C20H32N2. The second-order valence-electron chi connectivity index (χ2n) is 6.61. The van der Waals surface area contributed by atoms with Gasteiger partial charge in [0.1, 0.15) is 5.82 Å². The Balaban J connectivity index is 1.69. The molecule has 0 spiro atoms. The van der Waals surface area contributed by atoms with Crippen LogP contribution in [0.3, 0.4) is 0 Å². The Morgan fingerprint density at radius 3 is 2.18 bits per heavy atom. The third-order valence-corrected chi connectivity index (χ3v) is 4.71. The third-order valence-electron chi connectivity index (χ3n) is 4.71. The summed E-state index contributed by atoms with van der Waals surface area (Å²) >= 11 is 0. The number of para-hydroxylation sites is 1. The molecule has 0 saturated heterocycles. The normalized spacial score (nSPS) is 11.4. The van der Waals surface area contributed by atoms with Crippen molar-refractivity contribution in [3.05, 3.63) is 29.6 Å². The van der Waals surface area contributed by atoms with Crippen LogP contribution in [0.15, 0.2) is 18.2 Å². The van der Waals surface area contributed by atoms with Gasteiger partial charge in [-0.25, -0.2) is 4.98 Å². The molecule has 2 nitrogen and oxygen atoms in total. The summed E-state index contributed by atoms with van der Waals surface area (Å²) in [6.07, 6.45) is 13.5. The van der Waals surface area contributed by atoms with E-state index in [1.165, 1.54) is 80.2 Å². The van der Waals surface area contributed by atoms with Crippen molar-refractivity contribution >= 4 is 11.0 Å². The summed E-state index contributed by atoms with van der Waals surface area (Å²) in [6, 6.07) is 6.45. The molecule has 0 bridgehead atoms. The number of fused-ring (bicyclic) bond motifs is 1. The van der Waals surface area contributed by atoms with E-state index in [2.05, 4.69) is 43.7 Å². The summed E-state index contributed by atoms with van der Waals surface area (Å²) in [7, 11) is 2.15. The van der Waals surface area contributed by atoms with E-state index in [9.17, 15) is 0 Å². The highest BCUT2D eigenvalue weighted by molar-refractivity contribution is 5.79. The van der Waals surface area contributed by atoms with Gasteiger partial charge in [0.25, 0.3) is 0 Å². The van der Waals surface area contributed by atoms with Gasteiger partial charge in [-0.1, -0.05) is 70.4 Å². The number of hydrogen-bond acceptors (Lipinski definition) is 1. The van der Waals surface area contributed by atoms with Crippen LogP contribution in [0.1, 0.15) is 76.1 Å². The molecule has 1 aromatic carbocycles. The van der Waals surface area contributed by atoms with Gasteiger partial charge in [0.2, 0.25) is 0 Å². The Kier molecular flexibility index (Phi) is 6.95. The summed E-state index contributed by atoms with van der Waals surface area (Å²) in [5.41, 5.74) is 3.73. The maximum absolute atomic E-state index is 4.84. The summed E-state index contributed by atoms with van der Waals surface area (Å²) in [6.45, 7) is 4.43. The largest absolute Gasteiger partial charge is 0.331 e. The first-order valence-corrected chi connectivity index (χ1v) is 9.15. The van der Waals surface area contributed by atoms with E-state index in [-0.39, 0.29) is 0 Å². The van der Waals surface area contributed by atoms with E-state index in [0.717, 1.165) is 6.42 Å². The van der Waals surface area contributed by atoms with Gasteiger partial charge in [-0.2, -0.15) is 0 Å². The van der Waals surface area contributed by atoms with Gasteiger partial charge in [-0.3, -0.25) is 0 Å². The number of nitrogens with zero attached hydrogens (tertiary/aromatic N) is 2. The van der Waals surface area contributed by atoms with Crippen LogP contribution in [0.4, 0.5) is 0 Å². The van der Waals surface area contributed by atoms with E-state index in [0.29, 0.717) is 0 Å². The molecule has 122 valence electrons. The minimum atomic E-state index is 1.11. The highest BCUT2D eigenvalue weighted by Crippen LogP contribution is 2.20. The molecule has 2 aromatic rings. The standard InChI is InChI=1S/C20H32N2/c1-4-5-6-7-8-9-10-11-12-16-19-21-20-17(2)14-13-15-18(20)22(19)3/h13-15H,4-12,16H2,1-3H3. The van der Waals surface area contributed by atoms with Crippen molar-refractivity contribution < 1.29 is 0 Å². The molecule has 2 heteroatoms. The molecule has 0 aliphatic heterocycles. The molecule has 0 saturated carbocycles. The van der Waals surface area contributed by atoms with Crippen molar-refractivity contribution in [2.45, 2.75) is 78.1 Å². The molecule has 1 heterocycles. The van der Waals surface area contributed by atoms with Crippen molar-refractivity contribution in [1.82, 2.24) is 9.55 Å². The Morgan fingerprint density at radius 2 is 1.55 bits per heavy atom. The fourth-order valence-electron chi connectivity index (χ4n) is 3.22. The molecule has 0 atom stereocenters. The van der Waals surface area contributed by atoms with Crippen LogP contribution >= 0.6 is 0 Å². The van der Waals surface area contributed by atoms with Crippen molar-refractivity contribution in [2.24, 2.45) is 7.05 Å². The number of aromatic nitrogens is 2. The molecule has 2 rings (SSSR count). The van der Waals surface area contributed by atoms with Crippen LogP contribution in [-0.4, -0.2) is 9.55 Å². The average molecular weight is 300 g/mol. The third kappa shape index (κ3) is 4.59. The predicted molar refractivity (Wildman–Crippen MR) is 96.4 cm³/mol. The molecule has 1 aromatic heterocycles. The van der Waals surface area contributed by atoms with Crippen molar-refractivity contribution in [2.75, 3.05) is 0 Å². The SMILES string of the molecule is CCCCCCCCCCCc1nc2c(C)cccc2n1C. The van der Waals surface area contributed by atoms with E-state index in [1.807, 2.05) is 0 Å². The molecular weight excluding hydrogens is 268 g/mol. The Morgan fingerprint density at radius 1 is 0.909 bits per heavy atom. The monoisotopic (exact) mass is 300 g/mol. The summed E-state index contributed by atoms with van der Waals surface area (Å²) in [4.78, 5) is 4.84. The van der Waals surface area contributed by atoms with E-state index < -0.39 is 0 Å². The van der Waals surface area contributed by atoms with Gasteiger partial charge in [-0.05, 0) is 25.0 Å². The number of hydrogen-bond donors (Lipinski definition) is 0. The minimum Gasteiger partial charge on any atom is -0.331 e. The van der Waals surface area contributed by atoms with Crippen molar-refractivity contribution in [1.29, 1.82) is 0 Å². The summed E-state index contributed by atoms with van der Waals surface area (Å²) < 4.78 is 2.27. The molecule has 0 amide bonds. The van der Waals surface area contributed by atoms with Crippen LogP contribution < -0.4 is 0 Å². The lowest BCUT2D eigenvalue weighted by Gasteiger charge is -2.03. The van der Waals surface area contributed by atoms with E-state index in [4.69, 9.17) is 4.98 Å². The van der Waals surface area contributed by atoms with Crippen LogP contribution in [-0.2, 0) is 13.5 Å². The second-order valence-corrected chi connectivity index (χ2v) is 6.61. The van der Waals surface area contributed by atoms with Crippen LogP contribution in [0, 0.1) is 6.92 Å². The molecule has 0 radical (unpaired) electrons. The zero-order valence-electron chi connectivity index (χ0n) is 14.7. The summed E-state index contributed by atoms with van der Waals surface area (Å²) in [5, 5.41) is 0. The number of rotatable bonds is 10. The lowest BCUT2D eigenvalue weighted by molar-refractivity contribution is 0.560. The van der Waals surface area contributed by atoms with Gasteiger partial charge in [0, 0.05) is 13.5 Å². The average Bonchev–Trinajstić information content (AvgIpc) is 2.84. The number of aryl methyl sites for hydroxylation is 3. The molecule has 0 N–H and O–H groups in total. The maximum Gasteiger partial charge on any atom is 0.109 e. The smallest absolute Gasteiger partial charge is 0.109 e.